The summed E-state index contributed by atoms with van der Waals surface area (Å²) >= 11 is 2.49. The maximum atomic E-state index is 13.8. The Hall–Kier alpha value is -1.62. The first kappa shape index (κ1) is 22.7. The molecule has 0 spiro atoms. The van der Waals surface area contributed by atoms with Crippen LogP contribution in [-0.4, -0.2) is 64.1 Å². The minimum absolute atomic E-state index is 0.108. The first-order chi connectivity index (χ1) is 13.3. The van der Waals surface area contributed by atoms with Crippen LogP contribution in [0.3, 0.4) is 0 Å². The van der Waals surface area contributed by atoms with Crippen LogP contribution in [-0.2, 0) is 5.75 Å². The second-order valence-corrected chi connectivity index (χ2v) is 8.44. The third-order valence-electron chi connectivity index (χ3n) is 3.66. The normalized spacial score (nSPS) is 12.4. The summed E-state index contributed by atoms with van der Waals surface area (Å²) in [6.07, 6.45) is 0. The highest BCUT2D eigenvalue weighted by Crippen LogP contribution is 2.36. The Morgan fingerprint density at radius 1 is 1.21 bits per heavy atom. The molecule has 0 aliphatic rings. The minimum Gasteiger partial charge on any atom is -0.492 e. The SMILES string of the molecule is C[C@H](CO)Nc1nc(SCc2cccc(F)c2F)nc(O)c1SCCN(C)C. The number of aromatic nitrogens is 2. The van der Waals surface area contributed by atoms with Crippen molar-refractivity contribution in [1.29, 1.82) is 0 Å². The monoisotopic (exact) mass is 430 g/mol. The molecule has 1 atom stereocenters. The fourth-order valence-electron chi connectivity index (χ4n) is 2.13. The number of aliphatic hydroxyl groups is 1. The molecule has 0 aliphatic carbocycles. The van der Waals surface area contributed by atoms with Crippen molar-refractivity contribution in [2.45, 2.75) is 28.8 Å². The number of thioether (sulfide) groups is 2. The van der Waals surface area contributed by atoms with Gasteiger partial charge in [-0.2, -0.15) is 4.98 Å². The van der Waals surface area contributed by atoms with E-state index < -0.39 is 11.6 Å². The molecule has 28 heavy (non-hydrogen) atoms. The van der Waals surface area contributed by atoms with Gasteiger partial charge >= 0.3 is 0 Å². The fourth-order valence-corrected chi connectivity index (χ4v) is 4.02. The zero-order chi connectivity index (χ0) is 20.7. The molecule has 1 aromatic heterocycles. The second-order valence-electron chi connectivity index (χ2n) is 6.39. The van der Waals surface area contributed by atoms with Gasteiger partial charge in [0, 0.05) is 29.7 Å². The highest BCUT2D eigenvalue weighted by Gasteiger charge is 2.17. The molecule has 0 aliphatic heterocycles. The van der Waals surface area contributed by atoms with Crippen molar-refractivity contribution in [3.63, 3.8) is 0 Å². The first-order valence-electron chi connectivity index (χ1n) is 8.63. The van der Waals surface area contributed by atoms with Gasteiger partial charge in [-0.3, -0.25) is 0 Å². The Labute approximate surface area is 171 Å². The van der Waals surface area contributed by atoms with Gasteiger partial charge in [-0.1, -0.05) is 23.9 Å². The molecule has 0 unspecified atom stereocenters. The maximum Gasteiger partial charge on any atom is 0.231 e. The quantitative estimate of drug-likeness (QED) is 0.392. The van der Waals surface area contributed by atoms with Crippen LogP contribution in [0.5, 0.6) is 5.88 Å². The first-order valence-corrected chi connectivity index (χ1v) is 10.6. The van der Waals surface area contributed by atoms with Gasteiger partial charge in [0.1, 0.15) is 10.7 Å². The molecule has 0 bridgehead atoms. The third kappa shape index (κ3) is 6.47. The van der Waals surface area contributed by atoms with Crippen molar-refractivity contribution in [1.82, 2.24) is 14.9 Å². The van der Waals surface area contributed by atoms with Crippen molar-refractivity contribution in [3.8, 4) is 5.88 Å². The number of hydrogen-bond donors (Lipinski definition) is 3. The number of nitrogens with zero attached hydrogens (tertiary/aromatic N) is 3. The Morgan fingerprint density at radius 3 is 2.64 bits per heavy atom. The van der Waals surface area contributed by atoms with E-state index in [0.717, 1.165) is 24.4 Å². The molecule has 2 rings (SSSR count). The Kier molecular flexibility index (Phi) is 8.74. The molecule has 0 fully saturated rings. The number of nitrogens with one attached hydrogen (secondary N) is 1. The molecule has 0 radical (unpaired) electrons. The van der Waals surface area contributed by atoms with Crippen molar-refractivity contribution in [2.75, 3.05) is 38.3 Å². The average molecular weight is 431 g/mol. The lowest BCUT2D eigenvalue weighted by atomic mass is 10.2. The molecule has 154 valence electrons. The van der Waals surface area contributed by atoms with Crippen LogP contribution in [0, 0.1) is 11.6 Å². The van der Waals surface area contributed by atoms with E-state index in [9.17, 15) is 19.0 Å². The van der Waals surface area contributed by atoms with Crippen LogP contribution >= 0.6 is 23.5 Å². The summed E-state index contributed by atoms with van der Waals surface area (Å²) < 4.78 is 27.2. The Morgan fingerprint density at radius 2 is 1.96 bits per heavy atom. The van der Waals surface area contributed by atoms with Gasteiger partial charge in [0.15, 0.2) is 16.8 Å². The molecule has 2 aromatic rings. The Bertz CT molecular complexity index is 796. The number of aromatic hydroxyl groups is 1. The van der Waals surface area contributed by atoms with Crippen molar-refractivity contribution < 1.29 is 19.0 Å². The molecule has 0 amide bonds. The summed E-state index contributed by atoms with van der Waals surface area (Å²) in [6.45, 7) is 2.47. The van der Waals surface area contributed by atoms with E-state index >= 15 is 0 Å². The number of rotatable bonds is 10. The molecule has 3 N–H and O–H groups in total. The lowest BCUT2D eigenvalue weighted by molar-refractivity contribution is 0.281. The zero-order valence-corrected chi connectivity index (χ0v) is 17.6. The summed E-state index contributed by atoms with van der Waals surface area (Å²) in [4.78, 5) is 11.0. The van der Waals surface area contributed by atoms with Crippen LogP contribution in [0.1, 0.15) is 12.5 Å². The second kappa shape index (κ2) is 10.8. The van der Waals surface area contributed by atoms with E-state index in [1.54, 1.807) is 6.92 Å². The molecule has 1 heterocycles. The largest absolute Gasteiger partial charge is 0.492 e. The highest BCUT2D eigenvalue weighted by molar-refractivity contribution is 7.99. The number of anilines is 1. The number of halogens is 2. The van der Waals surface area contributed by atoms with E-state index in [0.29, 0.717) is 16.5 Å². The number of benzene rings is 1. The topological polar surface area (TPSA) is 81.5 Å². The van der Waals surface area contributed by atoms with Crippen molar-refractivity contribution in [3.05, 3.63) is 35.4 Å². The van der Waals surface area contributed by atoms with E-state index in [4.69, 9.17) is 0 Å². The van der Waals surface area contributed by atoms with Crippen LogP contribution in [0.4, 0.5) is 14.6 Å². The lowest BCUT2D eigenvalue weighted by Crippen LogP contribution is -2.21. The lowest BCUT2D eigenvalue weighted by Gasteiger charge is -2.17. The zero-order valence-electron chi connectivity index (χ0n) is 15.9. The van der Waals surface area contributed by atoms with Crippen LogP contribution in [0.25, 0.3) is 0 Å². The van der Waals surface area contributed by atoms with E-state index in [1.807, 2.05) is 19.0 Å². The summed E-state index contributed by atoms with van der Waals surface area (Å²) in [6, 6.07) is 3.71. The van der Waals surface area contributed by atoms with Gasteiger partial charge in [0.05, 0.1) is 6.61 Å². The van der Waals surface area contributed by atoms with E-state index in [2.05, 4.69) is 15.3 Å². The van der Waals surface area contributed by atoms with Crippen molar-refractivity contribution >= 4 is 29.3 Å². The van der Waals surface area contributed by atoms with Gasteiger partial charge < -0.3 is 20.4 Å². The highest BCUT2D eigenvalue weighted by atomic mass is 32.2. The van der Waals surface area contributed by atoms with Gasteiger partial charge in [0.2, 0.25) is 5.88 Å². The molecule has 10 heteroatoms. The number of aliphatic hydroxyl groups excluding tert-OH is 1. The van der Waals surface area contributed by atoms with Gasteiger partial charge in [-0.05, 0) is 27.1 Å². The predicted octanol–water partition coefficient (Wildman–Crippen LogP) is 3.20. The Balaban J connectivity index is 2.21. The van der Waals surface area contributed by atoms with Crippen LogP contribution < -0.4 is 5.32 Å². The van der Waals surface area contributed by atoms with E-state index in [1.165, 1.54) is 23.9 Å². The summed E-state index contributed by atoms with van der Waals surface area (Å²) in [5.74, 6) is -0.761. The molecule has 0 saturated carbocycles. The van der Waals surface area contributed by atoms with E-state index in [-0.39, 0.29) is 35.0 Å². The summed E-state index contributed by atoms with van der Waals surface area (Å²) in [5.41, 5.74) is 0.191. The average Bonchev–Trinajstić information content (AvgIpc) is 2.64. The molecular weight excluding hydrogens is 406 g/mol. The molecule has 1 aromatic carbocycles. The van der Waals surface area contributed by atoms with Gasteiger partial charge in [-0.15, -0.1) is 11.8 Å². The van der Waals surface area contributed by atoms with Gasteiger partial charge in [-0.25, -0.2) is 13.8 Å². The van der Waals surface area contributed by atoms with Crippen LogP contribution in [0.15, 0.2) is 28.3 Å². The standard InChI is InChI=1S/C18H24F2N4O2S2/c1-11(9-25)21-16-15(27-8-7-24(2)3)17(26)23-18(22-16)28-10-12-5-4-6-13(19)14(12)20/h4-6,11,25H,7-10H2,1-3H3,(H2,21,22,23,26)/t11-/m1/s1. The van der Waals surface area contributed by atoms with Crippen molar-refractivity contribution in [2.24, 2.45) is 0 Å². The molecular formula is C18H24F2N4O2S2. The minimum atomic E-state index is -0.909. The third-order valence-corrected chi connectivity index (χ3v) is 5.60. The smallest absolute Gasteiger partial charge is 0.231 e. The van der Waals surface area contributed by atoms with Gasteiger partial charge in [0.25, 0.3) is 0 Å². The molecule has 6 nitrogen and oxygen atoms in total. The maximum absolute atomic E-state index is 13.8. The summed E-state index contributed by atoms with van der Waals surface area (Å²) in [5, 5.41) is 23.0. The number of hydrogen-bond acceptors (Lipinski definition) is 8. The predicted molar refractivity (Wildman–Crippen MR) is 109 cm³/mol. The molecule has 0 saturated heterocycles. The fraction of sp³-hybridized carbons (Fsp3) is 0.444. The van der Waals surface area contributed by atoms with Crippen LogP contribution in [0.2, 0.25) is 0 Å². The summed E-state index contributed by atoms with van der Waals surface area (Å²) in [7, 11) is 3.91.